The van der Waals surface area contributed by atoms with E-state index in [2.05, 4.69) is 20.4 Å². The summed E-state index contributed by atoms with van der Waals surface area (Å²) in [5, 5.41) is 7.10. The molecule has 3 rings (SSSR count). The number of amides is 1. The quantitative estimate of drug-likeness (QED) is 0.693. The molecule has 2 N–H and O–H groups in total. The summed E-state index contributed by atoms with van der Waals surface area (Å²) >= 11 is 0. The molecule has 0 aromatic carbocycles. The van der Waals surface area contributed by atoms with Crippen molar-refractivity contribution in [3.8, 4) is 17.4 Å². The van der Waals surface area contributed by atoms with Crippen LogP contribution in [0.25, 0.3) is 17.4 Å². The standard InChI is InChI=1S/C17H19N5O4/c1-4-11-10(2)18-17(20-16(11)24)22-14(19-15(23)9-25-3)8-12(21-22)13-6-5-7-26-13/h5-8H,4,9H2,1-3H3,(H,19,23)(H,18,20,24). The molecule has 0 aliphatic carbocycles. The first kappa shape index (κ1) is 17.6. The number of aromatic nitrogens is 4. The lowest BCUT2D eigenvalue weighted by molar-refractivity contribution is -0.119. The highest BCUT2D eigenvalue weighted by atomic mass is 16.5. The average Bonchev–Trinajstić information content (AvgIpc) is 3.24. The Kier molecular flexibility index (Phi) is 4.99. The molecular weight excluding hydrogens is 338 g/mol. The van der Waals surface area contributed by atoms with Crippen LogP contribution in [0.3, 0.4) is 0 Å². The predicted octanol–water partition coefficient (Wildman–Crippen LogP) is 1.67. The summed E-state index contributed by atoms with van der Waals surface area (Å²) in [5.74, 6) is 0.708. The van der Waals surface area contributed by atoms with Gasteiger partial charge in [-0.25, -0.2) is 4.98 Å². The number of carbonyl (C=O) groups is 1. The number of H-pyrrole nitrogens is 1. The fraction of sp³-hybridized carbons (Fsp3) is 0.294. The molecule has 0 fully saturated rings. The van der Waals surface area contributed by atoms with Gasteiger partial charge >= 0.3 is 0 Å². The van der Waals surface area contributed by atoms with Gasteiger partial charge in [-0.05, 0) is 25.5 Å². The van der Waals surface area contributed by atoms with E-state index in [0.717, 1.165) is 0 Å². The molecule has 3 heterocycles. The van der Waals surface area contributed by atoms with Gasteiger partial charge in [0.05, 0.1) is 6.26 Å². The lowest BCUT2D eigenvalue weighted by Crippen LogP contribution is -2.23. The molecule has 0 aliphatic rings. The lowest BCUT2D eigenvalue weighted by atomic mass is 10.2. The van der Waals surface area contributed by atoms with E-state index in [1.807, 2.05) is 6.92 Å². The minimum atomic E-state index is -0.358. The van der Waals surface area contributed by atoms with Gasteiger partial charge in [0, 0.05) is 24.4 Å². The zero-order valence-corrected chi connectivity index (χ0v) is 14.7. The van der Waals surface area contributed by atoms with E-state index in [1.54, 1.807) is 25.1 Å². The summed E-state index contributed by atoms with van der Waals surface area (Å²) < 4.78 is 11.6. The third-order valence-electron chi connectivity index (χ3n) is 3.79. The normalized spacial score (nSPS) is 10.9. The van der Waals surface area contributed by atoms with Crippen LogP contribution in [0.15, 0.2) is 33.7 Å². The number of rotatable bonds is 6. The van der Waals surface area contributed by atoms with Crippen molar-refractivity contribution >= 4 is 11.7 Å². The number of nitrogens with one attached hydrogen (secondary N) is 2. The van der Waals surface area contributed by atoms with Gasteiger partial charge in [-0.2, -0.15) is 9.78 Å². The average molecular weight is 357 g/mol. The second-order valence-corrected chi connectivity index (χ2v) is 5.59. The zero-order valence-electron chi connectivity index (χ0n) is 14.7. The molecule has 0 spiro atoms. The largest absolute Gasteiger partial charge is 0.463 e. The summed E-state index contributed by atoms with van der Waals surface area (Å²) in [6.07, 6.45) is 2.10. The van der Waals surface area contributed by atoms with Crippen LogP contribution in [0.4, 0.5) is 5.82 Å². The molecule has 0 saturated carbocycles. The minimum absolute atomic E-state index is 0.112. The Morgan fingerprint density at radius 3 is 2.88 bits per heavy atom. The number of nitrogens with zero attached hydrogens (tertiary/aromatic N) is 3. The Balaban J connectivity index is 2.10. The van der Waals surface area contributed by atoms with Crippen molar-refractivity contribution in [3.63, 3.8) is 0 Å². The summed E-state index contributed by atoms with van der Waals surface area (Å²) in [6, 6.07) is 5.11. The Morgan fingerprint density at radius 1 is 1.46 bits per heavy atom. The van der Waals surface area contributed by atoms with E-state index in [0.29, 0.717) is 35.0 Å². The number of furan rings is 1. The summed E-state index contributed by atoms with van der Waals surface area (Å²) in [6.45, 7) is 3.54. The first-order chi connectivity index (χ1) is 12.5. The van der Waals surface area contributed by atoms with Crippen molar-refractivity contribution in [2.75, 3.05) is 19.0 Å². The Morgan fingerprint density at radius 2 is 2.27 bits per heavy atom. The van der Waals surface area contributed by atoms with Crippen molar-refractivity contribution in [1.29, 1.82) is 0 Å². The van der Waals surface area contributed by atoms with Crippen LogP contribution in [-0.2, 0) is 16.0 Å². The lowest BCUT2D eigenvalue weighted by Gasteiger charge is -2.09. The van der Waals surface area contributed by atoms with E-state index in [-0.39, 0.29) is 24.0 Å². The Bertz CT molecular complexity index is 972. The molecule has 136 valence electrons. The van der Waals surface area contributed by atoms with Gasteiger partial charge in [0.2, 0.25) is 5.95 Å². The summed E-state index contributed by atoms with van der Waals surface area (Å²) in [7, 11) is 1.43. The van der Waals surface area contributed by atoms with Crippen molar-refractivity contribution in [2.24, 2.45) is 0 Å². The maximum atomic E-state index is 12.3. The van der Waals surface area contributed by atoms with Gasteiger partial charge in [0.25, 0.3) is 11.5 Å². The number of carbonyl (C=O) groups excluding carboxylic acids is 1. The molecule has 0 unspecified atom stereocenters. The molecule has 3 aromatic heterocycles. The van der Waals surface area contributed by atoms with Crippen LogP contribution in [-0.4, -0.2) is 39.4 Å². The van der Waals surface area contributed by atoms with Crippen molar-refractivity contribution < 1.29 is 13.9 Å². The first-order valence-electron chi connectivity index (χ1n) is 8.06. The van der Waals surface area contributed by atoms with Crippen LogP contribution >= 0.6 is 0 Å². The van der Waals surface area contributed by atoms with E-state index >= 15 is 0 Å². The van der Waals surface area contributed by atoms with Gasteiger partial charge in [-0.3, -0.25) is 14.6 Å². The molecule has 26 heavy (non-hydrogen) atoms. The van der Waals surface area contributed by atoms with Gasteiger partial charge in [0.1, 0.15) is 18.1 Å². The predicted molar refractivity (Wildman–Crippen MR) is 94.3 cm³/mol. The van der Waals surface area contributed by atoms with Crippen LogP contribution in [0.5, 0.6) is 0 Å². The molecule has 0 atom stereocenters. The SMILES string of the molecule is CCc1c(C)nc(-n2nc(-c3ccco3)cc2NC(=O)COC)[nH]c1=O. The molecule has 1 amide bonds. The third kappa shape index (κ3) is 3.42. The fourth-order valence-electron chi connectivity index (χ4n) is 2.60. The number of ether oxygens (including phenoxy) is 1. The number of hydrogen-bond donors (Lipinski definition) is 2. The smallest absolute Gasteiger partial charge is 0.255 e. The highest BCUT2D eigenvalue weighted by Gasteiger charge is 2.17. The van der Waals surface area contributed by atoms with E-state index < -0.39 is 0 Å². The molecule has 9 heteroatoms. The van der Waals surface area contributed by atoms with Gasteiger partial charge < -0.3 is 14.5 Å². The Labute approximate surface area is 149 Å². The third-order valence-corrected chi connectivity index (χ3v) is 3.79. The number of anilines is 1. The van der Waals surface area contributed by atoms with Crippen molar-refractivity contribution in [2.45, 2.75) is 20.3 Å². The van der Waals surface area contributed by atoms with E-state index in [1.165, 1.54) is 18.1 Å². The van der Waals surface area contributed by atoms with Crippen LogP contribution in [0.2, 0.25) is 0 Å². The number of aromatic amines is 1. The maximum absolute atomic E-state index is 12.3. The van der Waals surface area contributed by atoms with Crippen molar-refractivity contribution in [3.05, 3.63) is 46.1 Å². The van der Waals surface area contributed by atoms with Crippen molar-refractivity contribution in [1.82, 2.24) is 19.7 Å². The maximum Gasteiger partial charge on any atom is 0.255 e. The Hall–Kier alpha value is -3.20. The number of aryl methyl sites for hydroxylation is 1. The second-order valence-electron chi connectivity index (χ2n) is 5.59. The van der Waals surface area contributed by atoms with Crippen LogP contribution in [0, 0.1) is 6.92 Å². The monoisotopic (exact) mass is 357 g/mol. The fourth-order valence-corrected chi connectivity index (χ4v) is 2.60. The molecule has 9 nitrogen and oxygen atoms in total. The van der Waals surface area contributed by atoms with Crippen LogP contribution < -0.4 is 10.9 Å². The molecule has 0 bridgehead atoms. The second kappa shape index (κ2) is 7.36. The topological polar surface area (TPSA) is 115 Å². The zero-order chi connectivity index (χ0) is 18.7. The summed E-state index contributed by atoms with van der Waals surface area (Å²) in [5.41, 5.74) is 1.47. The highest BCUT2D eigenvalue weighted by molar-refractivity contribution is 5.91. The molecule has 0 radical (unpaired) electrons. The summed E-state index contributed by atoms with van der Waals surface area (Å²) in [4.78, 5) is 31.3. The molecule has 0 saturated heterocycles. The first-order valence-corrected chi connectivity index (χ1v) is 8.06. The molecule has 3 aromatic rings. The van der Waals surface area contributed by atoms with Gasteiger partial charge in [-0.1, -0.05) is 6.92 Å². The van der Waals surface area contributed by atoms with Crippen LogP contribution in [0.1, 0.15) is 18.2 Å². The van der Waals surface area contributed by atoms with E-state index in [4.69, 9.17) is 9.15 Å². The van der Waals surface area contributed by atoms with Gasteiger partial charge in [-0.15, -0.1) is 0 Å². The molecular formula is C17H19N5O4. The highest BCUT2D eigenvalue weighted by Crippen LogP contribution is 2.24. The molecule has 0 aliphatic heterocycles. The minimum Gasteiger partial charge on any atom is -0.463 e. The number of methoxy groups -OCH3 is 1. The van der Waals surface area contributed by atoms with Gasteiger partial charge in [0.15, 0.2) is 5.76 Å². The number of hydrogen-bond acceptors (Lipinski definition) is 6. The van der Waals surface area contributed by atoms with E-state index in [9.17, 15) is 9.59 Å².